The highest BCUT2D eigenvalue weighted by Gasteiger charge is 2.36. The number of nitrogens with one attached hydrogen (secondary N) is 2. The van der Waals surface area contributed by atoms with Crippen molar-refractivity contribution in [1.82, 2.24) is 10.6 Å². The molecule has 9 heteroatoms. The Kier molecular flexibility index (Phi) is 12.5. The van der Waals surface area contributed by atoms with E-state index in [4.69, 9.17) is 42.1 Å². The van der Waals surface area contributed by atoms with Crippen LogP contribution in [0, 0.1) is 0 Å². The average molecular weight is 694 g/mol. The Morgan fingerprint density at radius 2 is 0.917 bits per heavy atom. The van der Waals surface area contributed by atoms with Crippen molar-refractivity contribution in [3.63, 3.8) is 0 Å². The smallest absolute Gasteiger partial charge is 0.161 e. The Morgan fingerprint density at radius 1 is 0.500 bits per heavy atom. The molecule has 0 radical (unpaired) electrons. The minimum absolute atomic E-state index is 0. The third-order valence-corrected chi connectivity index (χ3v) is 9.71. The van der Waals surface area contributed by atoms with E-state index < -0.39 is 5.60 Å². The van der Waals surface area contributed by atoms with Crippen LogP contribution in [0.15, 0.2) is 91.0 Å². The van der Waals surface area contributed by atoms with Crippen molar-refractivity contribution in [3.05, 3.63) is 118 Å². The van der Waals surface area contributed by atoms with E-state index in [1.165, 1.54) is 11.1 Å². The summed E-state index contributed by atoms with van der Waals surface area (Å²) < 4.78 is 22.1. The highest BCUT2D eigenvalue weighted by Crippen LogP contribution is 2.44. The van der Waals surface area contributed by atoms with Crippen molar-refractivity contribution >= 4 is 23.2 Å². The number of benzene rings is 4. The summed E-state index contributed by atoms with van der Waals surface area (Å²) >= 11 is 11.9. The largest absolute Gasteiger partial charge is 0.486 e. The summed E-state index contributed by atoms with van der Waals surface area (Å²) in [7, 11) is 0. The summed E-state index contributed by atoms with van der Waals surface area (Å²) in [6.45, 7) is 6.34. The fourth-order valence-corrected chi connectivity index (χ4v) is 6.84. The molecule has 0 atom stereocenters. The van der Waals surface area contributed by atoms with Gasteiger partial charge in [-0.1, -0.05) is 73.1 Å². The zero-order valence-corrected chi connectivity index (χ0v) is 28.0. The first-order chi connectivity index (χ1) is 23.0. The lowest BCUT2D eigenvalue weighted by Gasteiger charge is -2.39. The number of hydrogen-bond donors (Lipinski definition) is 3. The van der Waals surface area contributed by atoms with Gasteiger partial charge in [-0.15, -0.1) is 0 Å². The highest BCUT2D eigenvalue weighted by atomic mass is 35.5. The number of ether oxygens (including phenoxy) is 4. The molecule has 8 rings (SSSR count). The van der Waals surface area contributed by atoms with Crippen LogP contribution < -0.4 is 29.6 Å². The summed E-state index contributed by atoms with van der Waals surface area (Å²) in [6, 6.07) is 29.9. The third kappa shape index (κ3) is 8.57. The highest BCUT2D eigenvalue weighted by molar-refractivity contribution is 6.30. The van der Waals surface area contributed by atoms with E-state index in [-0.39, 0.29) is 12.8 Å². The fraction of sp³-hybridized carbons (Fsp3) is 0.385. The van der Waals surface area contributed by atoms with Crippen LogP contribution in [0.2, 0.25) is 10.0 Å². The number of piperidine rings is 2. The molecule has 0 amide bonds. The van der Waals surface area contributed by atoms with Crippen LogP contribution >= 0.6 is 23.2 Å². The van der Waals surface area contributed by atoms with E-state index in [1.54, 1.807) is 0 Å². The van der Waals surface area contributed by atoms with Crippen molar-refractivity contribution in [2.75, 3.05) is 52.6 Å². The number of hydrogen-bond acceptors (Lipinski definition) is 7. The van der Waals surface area contributed by atoms with Gasteiger partial charge < -0.3 is 34.7 Å². The molecule has 4 aromatic carbocycles. The predicted octanol–water partition coefficient (Wildman–Crippen LogP) is 7.79. The minimum atomic E-state index is -0.657. The Hall–Kier alpha value is -3.46. The van der Waals surface area contributed by atoms with Crippen molar-refractivity contribution in [3.8, 4) is 23.0 Å². The standard InChI is InChI=1S/C19H20ClNO2.C11H14ClNO.C8H8O2.CH4/c20-16-4-1-14(2-5-16)19(7-9-21-10-8-19)15-3-6-17-18(13-15)23-12-11-22-17;12-10-3-1-9(2-4-10)11(14)5-7-13-8-6-11;1-2-4-8-7(3-1)9-5-6-10-8;/h1-6,13,21H,7-12H2;1-4,13-14H,5-8H2;1-4H,5-6H2;1H4. The van der Waals surface area contributed by atoms with Gasteiger partial charge in [0.05, 0.1) is 5.60 Å². The molecule has 0 saturated carbocycles. The quantitative estimate of drug-likeness (QED) is 0.202. The Labute approximate surface area is 294 Å². The summed E-state index contributed by atoms with van der Waals surface area (Å²) in [5.74, 6) is 3.42. The normalized spacial score (nSPS) is 18.4. The number of para-hydroxylation sites is 2. The summed E-state index contributed by atoms with van der Waals surface area (Å²) in [5.41, 5.74) is 2.94. The SMILES string of the molecule is C.Clc1ccc(C2(c3ccc4c(c3)OCCO4)CCNCC2)cc1.OC1(c2ccc(Cl)cc2)CCNCC1.c1ccc2c(c1)OCCO2. The first-order valence-corrected chi connectivity index (χ1v) is 17.1. The number of halogens is 2. The summed E-state index contributed by atoms with van der Waals surface area (Å²) in [6.07, 6.45) is 3.67. The Bertz CT molecular complexity index is 1560. The van der Waals surface area contributed by atoms with Gasteiger partial charge in [-0.2, -0.15) is 0 Å². The van der Waals surface area contributed by atoms with Crippen LogP contribution in [0.5, 0.6) is 23.0 Å². The molecule has 4 aliphatic heterocycles. The minimum Gasteiger partial charge on any atom is -0.486 e. The molecule has 7 nitrogen and oxygen atoms in total. The topological polar surface area (TPSA) is 81.2 Å². The molecule has 4 aliphatic rings. The van der Waals surface area contributed by atoms with Crippen molar-refractivity contribution in [2.45, 2.75) is 44.1 Å². The molecule has 0 aromatic heterocycles. The van der Waals surface area contributed by atoms with Gasteiger partial charge in [0.2, 0.25) is 0 Å². The lowest BCUT2D eigenvalue weighted by Crippen LogP contribution is -2.40. The van der Waals surface area contributed by atoms with Gasteiger partial charge in [-0.25, -0.2) is 0 Å². The van der Waals surface area contributed by atoms with Gasteiger partial charge in [-0.05, 0) is 117 Å². The maximum absolute atomic E-state index is 10.4. The van der Waals surface area contributed by atoms with Crippen molar-refractivity contribution < 1.29 is 24.1 Å². The van der Waals surface area contributed by atoms with E-state index >= 15 is 0 Å². The van der Waals surface area contributed by atoms with Crippen LogP contribution in [-0.2, 0) is 11.0 Å². The number of fused-ring (bicyclic) bond motifs is 2. The lowest BCUT2D eigenvalue weighted by atomic mass is 9.68. The van der Waals surface area contributed by atoms with E-state index in [2.05, 4.69) is 34.9 Å². The van der Waals surface area contributed by atoms with Crippen molar-refractivity contribution in [2.24, 2.45) is 0 Å². The molecule has 3 N–H and O–H groups in total. The maximum atomic E-state index is 10.4. The average Bonchev–Trinajstić information content (AvgIpc) is 3.13. The second-order valence-corrected chi connectivity index (χ2v) is 13.0. The van der Waals surface area contributed by atoms with Gasteiger partial charge in [0.15, 0.2) is 23.0 Å². The van der Waals surface area contributed by atoms with Gasteiger partial charge in [0.1, 0.15) is 26.4 Å². The molecule has 4 heterocycles. The zero-order chi connectivity index (χ0) is 32.5. The second-order valence-electron chi connectivity index (χ2n) is 12.1. The van der Waals surface area contributed by atoms with Crippen LogP contribution in [0.1, 0.15) is 49.8 Å². The summed E-state index contributed by atoms with van der Waals surface area (Å²) in [5, 5.41) is 18.5. The van der Waals surface area contributed by atoms with Crippen LogP contribution in [0.25, 0.3) is 0 Å². The van der Waals surface area contributed by atoms with Crippen LogP contribution in [-0.4, -0.2) is 57.7 Å². The van der Waals surface area contributed by atoms with Gasteiger partial charge in [0, 0.05) is 15.5 Å². The van der Waals surface area contributed by atoms with Crippen LogP contribution in [0.4, 0.5) is 0 Å². The van der Waals surface area contributed by atoms with E-state index in [9.17, 15) is 5.11 Å². The number of aliphatic hydroxyl groups is 1. The van der Waals surface area contributed by atoms with E-state index in [0.717, 1.165) is 85.4 Å². The molecule has 0 aliphatic carbocycles. The molecule has 256 valence electrons. The molecular formula is C39H46Cl2N2O5. The second kappa shape index (κ2) is 16.8. The molecule has 2 saturated heterocycles. The monoisotopic (exact) mass is 692 g/mol. The van der Waals surface area contributed by atoms with Crippen molar-refractivity contribution in [1.29, 1.82) is 0 Å². The van der Waals surface area contributed by atoms with Gasteiger partial charge >= 0.3 is 0 Å². The molecule has 4 aromatic rings. The number of rotatable bonds is 3. The van der Waals surface area contributed by atoms with Gasteiger partial charge in [-0.3, -0.25) is 0 Å². The maximum Gasteiger partial charge on any atom is 0.161 e. The van der Waals surface area contributed by atoms with Gasteiger partial charge in [0.25, 0.3) is 0 Å². The summed E-state index contributed by atoms with van der Waals surface area (Å²) in [4.78, 5) is 0. The first-order valence-electron chi connectivity index (χ1n) is 16.4. The predicted molar refractivity (Wildman–Crippen MR) is 193 cm³/mol. The van der Waals surface area contributed by atoms with E-state index in [0.29, 0.717) is 31.5 Å². The van der Waals surface area contributed by atoms with E-state index in [1.807, 2.05) is 66.7 Å². The molecule has 0 bridgehead atoms. The Morgan fingerprint density at radius 3 is 1.44 bits per heavy atom. The molecule has 0 spiro atoms. The molecular weight excluding hydrogens is 647 g/mol. The first kappa shape index (κ1) is 35.8. The van der Waals surface area contributed by atoms with Crippen LogP contribution in [0.3, 0.4) is 0 Å². The molecule has 0 unspecified atom stereocenters. The third-order valence-electron chi connectivity index (χ3n) is 9.21. The fourth-order valence-electron chi connectivity index (χ4n) is 6.59. The molecule has 2 fully saturated rings. The zero-order valence-electron chi connectivity index (χ0n) is 26.5. The lowest BCUT2D eigenvalue weighted by molar-refractivity contribution is 0.00594. The Balaban J connectivity index is 0.000000153. The molecule has 48 heavy (non-hydrogen) atoms.